The van der Waals surface area contributed by atoms with Gasteiger partial charge in [0, 0.05) is 6.92 Å². The van der Waals surface area contributed by atoms with Gasteiger partial charge in [0.15, 0.2) is 6.29 Å². The third-order valence-electron chi connectivity index (χ3n) is 3.94. The first-order chi connectivity index (χ1) is 12.1. The van der Waals surface area contributed by atoms with Gasteiger partial charge in [-0.05, 0) is 6.08 Å². The normalized spacial score (nSPS) is 40.3. The summed E-state index contributed by atoms with van der Waals surface area (Å²) in [7, 11) is 0. The Labute approximate surface area is 147 Å². The minimum atomic E-state index is -1.72. The van der Waals surface area contributed by atoms with E-state index in [1.807, 2.05) is 0 Å². The number of nitrogens with one attached hydrogen (secondary N) is 1. The third kappa shape index (κ3) is 4.29. The van der Waals surface area contributed by atoms with Gasteiger partial charge >= 0.3 is 5.97 Å². The summed E-state index contributed by atoms with van der Waals surface area (Å²) in [5.74, 6) is -2.79. The fourth-order valence-corrected chi connectivity index (χ4v) is 2.67. The van der Waals surface area contributed by atoms with Gasteiger partial charge in [0.25, 0.3) is 0 Å². The molecule has 2 rings (SSSR count). The molecule has 0 aromatic rings. The van der Waals surface area contributed by atoms with Crippen LogP contribution >= 0.6 is 0 Å². The van der Waals surface area contributed by atoms with Gasteiger partial charge in [-0.25, -0.2) is 4.79 Å². The van der Waals surface area contributed by atoms with Crippen LogP contribution in [0.4, 0.5) is 0 Å². The molecular formula is C14H21NO11. The van der Waals surface area contributed by atoms with Crippen LogP contribution in [0.15, 0.2) is 11.8 Å². The van der Waals surface area contributed by atoms with Crippen molar-refractivity contribution >= 4 is 11.9 Å². The van der Waals surface area contributed by atoms with Crippen molar-refractivity contribution in [2.45, 2.75) is 56.1 Å². The molecule has 0 aromatic carbocycles. The minimum absolute atomic E-state index is 0.585. The van der Waals surface area contributed by atoms with Gasteiger partial charge in [-0.15, -0.1) is 0 Å². The minimum Gasteiger partial charge on any atom is -0.475 e. The summed E-state index contributed by atoms with van der Waals surface area (Å²) < 4.78 is 15.4. The number of ether oxygens (including phenoxy) is 3. The summed E-state index contributed by atoms with van der Waals surface area (Å²) in [4.78, 5) is 22.2. The lowest BCUT2D eigenvalue weighted by molar-refractivity contribution is -0.306. The predicted molar refractivity (Wildman–Crippen MR) is 79.1 cm³/mol. The van der Waals surface area contributed by atoms with Crippen LogP contribution in [0.3, 0.4) is 0 Å². The molecule has 0 aromatic heterocycles. The Morgan fingerprint density at radius 2 is 1.88 bits per heavy atom. The largest absolute Gasteiger partial charge is 0.475 e. The van der Waals surface area contributed by atoms with Crippen molar-refractivity contribution in [3.8, 4) is 0 Å². The van der Waals surface area contributed by atoms with E-state index in [1.54, 1.807) is 0 Å². The molecule has 1 saturated heterocycles. The van der Waals surface area contributed by atoms with Gasteiger partial charge in [-0.1, -0.05) is 0 Å². The number of carbonyl (C=O) groups is 2. The Morgan fingerprint density at radius 1 is 1.23 bits per heavy atom. The first kappa shape index (κ1) is 20.5. The van der Waals surface area contributed by atoms with Gasteiger partial charge < -0.3 is 50.2 Å². The van der Waals surface area contributed by atoms with E-state index in [1.165, 1.54) is 0 Å². The maximum absolute atomic E-state index is 11.2. The molecule has 7 N–H and O–H groups in total. The second-order valence-electron chi connectivity index (χ2n) is 5.87. The zero-order valence-electron chi connectivity index (χ0n) is 13.6. The van der Waals surface area contributed by atoms with Gasteiger partial charge in [-0.3, -0.25) is 4.79 Å². The van der Waals surface area contributed by atoms with Crippen LogP contribution in [-0.4, -0.2) is 98.3 Å². The quantitative estimate of drug-likeness (QED) is 0.246. The Kier molecular flexibility index (Phi) is 6.52. The van der Waals surface area contributed by atoms with Crippen molar-refractivity contribution in [1.82, 2.24) is 5.32 Å². The molecule has 0 spiro atoms. The first-order valence-electron chi connectivity index (χ1n) is 7.68. The lowest BCUT2D eigenvalue weighted by Crippen LogP contribution is -2.65. The molecule has 1 amide bonds. The van der Waals surface area contributed by atoms with Crippen molar-refractivity contribution in [3.63, 3.8) is 0 Å². The van der Waals surface area contributed by atoms with E-state index < -0.39 is 73.4 Å². The maximum Gasteiger partial charge on any atom is 0.371 e. The van der Waals surface area contributed by atoms with Crippen LogP contribution < -0.4 is 5.32 Å². The molecule has 148 valence electrons. The van der Waals surface area contributed by atoms with Crippen LogP contribution in [-0.2, 0) is 23.8 Å². The summed E-state index contributed by atoms with van der Waals surface area (Å²) in [6.45, 7) is 0.431. The van der Waals surface area contributed by atoms with E-state index in [0.29, 0.717) is 0 Å². The van der Waals surface area contributed by atoms with Crippen LogP contribution in [0.5, 0.6) is 0 Å². The second kappa shape index (κ2) is 8.26. The van der Waals surface area contributed by atoms with E-state index in [9.17, 15) is 35.1 Å². The van der Waals surface area contributed by atoms with Gasteiger partial charge in [-0.2, -0.15) is 0 Å². The number of aliphatic hydroxyl groups excluding tert-OH is 5. The molecule has 12 heteroatoms. The Hall–Kier alpha value is -1.80. The highest BCUT2D eigenvalue weighted by Gasteiger charge is 2.48. The monoisotopic (exact) mass is 379 g/mol. The number of aliphatic hydroxyl groups is 5. The number of carboxylic acids is 1. The Morgan fingerprint density at radius 3 is 2.42 bits per heavy atom. The number of hydrogen-bond acceptors (Lipinski definition) is 10. The first-order valence-corrected chi connectivity index (χ1v) is 7.68. The van der Waals surface area contributed by atoms with E-state index in [-0.39, 0.29) is 0 Å². The predicted octanol–water partition coefficient (Wildman–Crippen LogP) is -4.01. The summed E-state index contributed by atoms with van der Waals surface area (Å²) in [6, 6.07) is -1.32. The topological polar surface area (TPSA) is 195 Å². The van der Waals surface area contributed by atoms with E-state index in [0.717, 1.165) is 13.0 Å². The fourth-order valence-electron chi connectivity index (χ4n) is 2.67. The second-order valence-corrected chi connectivity index (χ2v) is 5.87. The molecule has 2 heterocycles. The summed E-state index contributed by atoms with van der Waals surface area (Å²) >= 11 is 0. The summed E-state index contributed by atoms with van der Waals surface area (Å²) in [5.41, 5.74) is 0. The van der Waals surface area contributed by atoms with Gasteiger partial charge in [0.1, 0.15) is 36.6 Å². The molecule has 1 unspecified atom stereocenters. The van der Waals surface area contributed by atoms with Crippen molar-refractivity contribution in [1.29, 1.82) is 0 Å². The van der Waals surface area contributed by atoms with Crippen LogP contribution in [0, 0.1) is 0 Å². The standard InChI is InChI=1S/C14H21NO11/c1-4(17)15-8-10(20)11(7(3-16)24-13(8)23)26-14-9(19)5(18)2-6(25-14)12(21)22/h2,5,7-11,13-14,16,18-20,23H,3H2,1H3,(H,15,17)(H,21,22)/t5-,7+,8+,9+,10+,11+,13?,14-/m0/s1. The smallest absolute Gasteiger partial charge is 0.371 e. The number of amides is 1. The third-order valence-corrected chi connectivity index (χ3v) is 3.94. The van der Waals surface area contributed by atoms with Gasteiger partial charge in [0.2, 0.25) is 18.0 Å². The highest BCUT2D eigenvalue weighted by Crippen LogP contribution is 2.27. The van der Waals surface area contributed by atoms with Crippen molar-refractivity contribution < 1.29 is 54.4 Å². The molecule has 0 radical (unpaired) electrons. The average molecular weight is 379 g/mol. The fraction of sp³-hybridized carbons (Fsp3) is 0.714. The van der Waals surface area contributed by atoms with Crippen molar-refractivity contribution in [2.75, 3.05) is 6.61 Å². The molecule has 0 bridgehead atoms. The van der Waals surface area contributed by atoms with Crippen molar-refractivity contribution in [3.05, 3.63) is 11.8 Å². The molecule has 26 heavy (non-hydrogen) atoms. The number of carboxylic acid groups (broad SMARTS) is 1. The molecule has 1 fully saturated rings. The van der Waals surface area contributed by atoms with Crippen LogP contribution in [0.2, 0.25) is 0 Å². The highest BCUT2D eigenvalue weighted by molar-refractivity contribution is 5.84. The van der Waals surface area contributed by atoms with Gasteiger partial charge in [0.05, 0.1) is 6.61 Å². The number of carbonyl (C=O) groups excluding carboxylic acids is 1. The molecule has 0 aliphatic carbocycles. The van der Waals surface area contributed by atoms with E-state index >= 15 is 0 Å². The Bertz CT molecular complexity index is 567. The highest BCUT2D eigenvalue weighted by atomic mass is 16.7. The molecule has 0 saturated carbocycles. The molecule has 8 atom stereocenters. The lowest BCUT2D eigenvalue weighted by Gasteiger charge is -2.44. The number of hydrogen-bond donors (Lipinski definition) is 7. The molecular weight excluding hydrogens is 358 g/mol. The number of rotatable bonds is 5. The Balaban J connectivity index is 2.19. The molecule has 2 aliphatic rings. The lowest BCUT2D eigenvalue weighted by atomic mass is 9.96. The number of aliphatic carboxylic acids is 1. The molecule has 12 nitrogen and oxygen atoms in total. The van der Waals surface area contributed by atoms with Crippen LogP contribution in [0.25, 0.3) is 0 Å². The zero-order valence-corrected chi connectivity index (χ0v) is 13.6. The average Bonchev–Trinajstić information content (AvgIpc) is 2.56. The SMILES string of the molecule is CC(=O)N[C@H]1C(O)O[C@H](CO)[C@@H](O[C@@H]2OC(C(=O)O)=C[C@H](O)[C@H]2O)[C@@H]1O. The summed E-state index contributed by atoms with van der Waals surface area (Å²) in [5, 5.41) is 60.5. The zero-order chi connectivity index (χ0) is 19.6. The van der Waals surface area contributed by atoms with Crippen molar-refractivity contribution in [2.24, 2.45) is 0 Å². The van der Waals surface area contributed by atoms with E-state index in [4.69, 9.17) is 19.3 Å². The summed E-state index contributed by atoms with van der Waals surface area (Å²) in [6.07, 6.45) is -10.2. The maximum atomic E-state index is 11.2. The van der Waals surface area contributed by atoms with E-state index in [2.05, 4.69) is 5.32 Å². The molecule has 2 aliphatic heterocycles. The van der Waals surface area contributed by atoms with Crippen LogP contribution in [0.1, 0.15) is 6.92 Å².